The zero-order valence-electron chi connectivity index (χ0n) is 11.6. The Morgan fingerprint density at radius 3 is 2.33 bits per heavy atom. The van der Waals surface area contributed by atoms with E-state index >= 15 is 0 Å². The second-order valence-corrected chi connectivity index (χ2v) is 6.39. The summed E-state index contributed by atoms with van der Waals surface area (Å²) >= 11 is 5.97. The smallest absolute Gasteiger partial charge is 0.0406 e. The lowest BCUT2D eigenvalue weighted by Crippen LogP contribution is -2.37. The van der Waals surface area contributed by atoms with E-state index in [4.69, 9.17) is 11.6 Å². The molecule has 0 radical (unpaired) electrons. The molecule has 1 aliphatic carbocycles. The Bertz CT molecular complexity index is 371. The summed E-state index contributed by atoms with van der Waals surface area (Å²) in [4.78, 5) is 0. The second kappa shape index (κ2) is 6.08. The van der Waals surface area contributed by atoms with Gasteiger partial charge >= 0.3 is 0 Å². The van der Waals surface area contributed by atoms with E-state index in [-0.39, 0.29) is 0 Å². The largest absolute Gasteiger partial charge is 0.307 e. The average Bonchev–Trinajstić information content (AvgIpc) is 2.73. The van der Waals surface area contributed by atoms with Crippen molar-refractivity contribution < 1.29 is 0 Å². The van der Waals surface area contributed by atoms with Crippen LogP contribution in [0.3, 0.4) is 0 Å². The molecule has 0 saturated heterocycles. The molecule has 1 N–H and O–H groups in total. The first-order valence-electron chi connectivity index (χ1n) is 7.09. The molecular formula is C16H24ClN. The first kappa shape index (κ1) is 13.9. The number of rotatable bonds is 4. The van der Waals surface area contributed by atoms with Crippen LogP contribution in [0.1, 0.15) is 51.6 Å². The van der Waals surface area contributed by atoms with Crippen molar-refractivity contribution in [1.82, 2.24) is 5.32 Å². The van der Waals surface area contributed by atoms with Crippen molar-refractivity contribution in [1.29, 1.82) is 0 Å². The molecule has 18 heavy (non-hydrogen) atoms. The van der Waals surface area contributed by atoms with Gasteiger partial charge in [0.1, 0.15) is 0 Å². The van der Waals surface area contributed by atoms with Gasteiger partial charge in [-0.1, -0.05) is 50.9 Å². The highest BCUT2D eigenvalue weighted by Crippen LogP contribution is 2.30. The molecule has 1 fully saturated rings. The van der Waals surface area contributed by atoms with Gasteiger partial charge in [0, 0.05) is 17.1 Å². The van der Waals surface area contributed by atoms with Gasteiger partial charge in [0.25, 0.3) is 0 Å². The van der Waals surface area contributed by atoms with Crippen LogP contribution in [0, 0.1) is 11.8 Å². The van der Waals surface area contributed by atoms with Crippen LogP contribution in [0.4, 0.5) is 0 Å². The maximum atomic E-state index is 5.97. The molecule has 1 aliphatic rings. The summed E-state index contributed by atoms with van der Waals surface area (Å²) in [6.07, 6.45) is 4.05. The van der Waals surface area contributed by atoms with Gasteiger partial charge < -0.3 is 5.32 Å². The predicted octanol–water partition coefficient (Wildman–Crippen LogP) is 4.82. The lowest BCUT2D eigenvalue weighted by molar-refractivity contribution is 0.323. The zero-order chi connectivity index (χ0) is 13.1. The first-order valence-corrected chi connectivity index (χ1v) is 7.47. The van der Waals surface area contributed by atoms with Crippen molar-refractivity contribution in [2.75, 3.05) is 0 Å². The van der Waals surface area contributed by atoms with Crippen LogP contribution in [-0.2, 0) is 0 Å². The summed E-state index contributed by atoms with van der Waals surface area (Å²) in [7, 11) is 0. The van der Waals surface area contributed by atoms with Gasteiger partial charge in [-0.05, 0) is 42.4 Å². The van der Waals surface area contributed by atoms with Gasteiger partial charge in [-0.2, -0.15) is 0 Å². The minimum Gasteiger partial charge on any atom is -0.307 e. The van der Waals surface area contributed by atoms with Gasteiger partial charge in [-0.3, -0.25) is 0 Å². The van der Waals surface area contributed by atoms with Crippen LogP contribution in [-0.4, -0.2) is 6.04 Å². The monoisotopic (exact) mass is 265 g/mol. The van der Waals surface area contributed by atoms with E-state index in [1.165, 1.54) is 24.8 Å². The minimum absolute atomic E-state index is 0.438. The van der Waals surface area contributed by atoms with Gasteiger partial charge in [0.05, 0.1) is 0 Å². The third-order valence-electron chi connectivity index (χ3n) is 4.15. The SMILES string of the molecule is CC(C)C(NC1CCCC1C)c1ccc(Cl)cc1. The highest BCUT2D eigenvalue weighted by Gasteiger charge is 2.27. The third kappa shape index (κ3) is 3.27. The Morgan fingerprint density at radius 1 is 1.17 bits per heavy atom. The van der Waals surface area contributed by atoms with Crippen LogP contribution in [0.25, 0.3) is 0 Å². The van der Waals surface area contributed by atoms with Gasteiger partial charge in [0.15, 0.2) is 0 Å². The van der Waals surface area contributed by atoms with E-state index in [9.17, 15) is 0 Å². The van der Waals surface area contributed by atoms with Crippen LogP contribution in [0.15, 0.2) is 24.3 Å². The number of halogens is 1. The minimum atomic E-state index is 0.438. The normalized spacial score (nSPS) is 25.6. The van der Waals surface area contributed by atoms with Crippen LogP contribution >= 0.6 is 11.6 Å². The summed E-state index contributed by atoms with van der Waals surface area (Å²) < 4.78 is 0. The van der Waals surface area contributed by atoms with Crippen LogP contribution < -0.4 is 5.32 Å². The highest BCUT2D eigenvalue weighted by molar-refractivity contribution is 6.30. The van der Waals surface area contributed by atoms with E-state index in [1.54, 1.807) is 0 Å². The molecular weight excluding hydrogens is 242 g/mol. The molecule has 1 saturated carbocycles. The maximum Gasteiger partial charge on any atom is 0.0406 e. The molecule has 0 amide bonds. The molecule has 2 rings (SSSR count). The van der Waals surface area contributed by atoms with Gasteiger partial charge in [0.2, 0.25) is 0 Å². The molecule has 100 valence electrons. The average molecular weight is 266 g/mol. The first-order chi connectivity index (χ1) is 8.58. The number of benzene rings is 1. The Balaban J connectivity index is 2.10. The van der Waals surface area contributed by atoms with Crippen molar-refractivity contribution in [3.05, 3.63) is 34.9 Å². The van der Waals surface area contributed by atoms with E-state index in [0.717, 1.165) is 10.9 Å². The van der Waals surface area contributed by atoms with Gasteiger partial charge in [-0.15, -0.1) is 0 Å². The molecule has 1 nitrogen and oxygen atoms in total. The van der Waals surface area contributed by atoms with Gasteiger partial charge in [-0.25, -0.2) is 0 Å². The molecule has 1 aromatic rings. The van der Waals surface area contributed by atoms with Crippen molar-refractivity contribution >= 4 is 11.6 Å². The Hall–Kier alpha value is -0.530. The molecule has 0 spiro atoms. The van der Waals surface area contributed by atoms with E-state index in [0.29, 0.717) is 18.0 Å². The number of hydrogen-bond acceptors (Lipinski definition) is 1. The van der Waals surface area contributed by atoms with Crippen molar-refractivity contribution in [3.63, 3.8) is 0 Å². The third-order valence-corrected chi connectivity index (χ3v) is 4.40. The van der Waals surface area contributed by atoms with Crippen LogP contribution in [0.5, 0.6) is 0 Å². The fourth-order valence-electron chi connectivity index (χ4n) is 2.97. The number of nitrogens with one attached hydrogen (secondary N) is 1. The van der Waals surface area contributed by atoms with Crippen molar-refractivity contribution in [2.24, 2.45) is 11.8 Å². The standard InChI is InChI=1S/C16H24ClN/c1-11(2)16(13-7-9-14(17)10-8-13)18-15-6-4-5-12(15)3/h7-12,15-16,18H,4-6H2,1-3H3. The Kier molecular flexibility index (Phi) is 4.69. The quantitative estimate of drug-likeness (QED) is 0.823. The predicted molar refractivity (Wildman–Crippen MR) is 79.0 cm³/mol. The molecule has 0 aromatic heterocycles. The molecule has 1 aromatic carbocycles. The maximum absolute atomic E-state index is 5.97. The molecule has 0 aliphatic heterocycles. The molecule has 3 unspecified atom stereocenters. The molecule has 2 heteroatoms. The fraction of sp³-hybridized carbons (Fsp3) is 0.625. The number of hydrogen-bond donors (Lipinski definition) is 1. The van der Waals surface area contributed by atoms with Crippen LogP contribution in [0.2, 0.25) is 5.02 Å². The fourth-order valence-corrected chi connectivity index (χ4v) is 3.09. The lowest BCUT2D eigenvalue weighted by atomic mass is 9.93. The summed E-state index contributed by atoms with van der Waals surface area (Å²) in [5, 5.41) is 4.67. The van der Waals surface area contributed by atoms with E-state index in [2.05, 4.69) is 38.2 Å². The van der Waals surface area contributed by atoms with Crippen molar-refractivity contribution in [2.45, 2.75) is 52.1 Å². The molecule has 3 atom stereocenters. The van der Waals surface area contributed by atoms with E-state index < -0.39 is 0 Å². The Labute approximate surface area is 116 Å². The Morgan fingerprint density at radius 2 is 1.83 bits per heavy atom. The molecule has 0 bridgehead atoms. The lowest BCUT2D eigenvalue weighted by Gasteiger charge is -2.29. The second-order valence-electron chi connectivity index (χ2n) is 5.95. The highest BCUT2D eigenvalue weighted by atomic mass is 35.5. The topological polar surface area (TPSA) is 12.0 Å². The molecule has 0 heterocycles. The summed E-state index contributed by atoms with van der Waals surface area (Å²) in [5.74, 6) is 1.40. The zero-order valence-corrected chi connectivity index (χ0v) is 12.4. The summed E-state index contributed by atoms with van der Waals surface area (Å²) in [6.45, 7) is 6.93. The van der Waals surface area contributed by atoms with E-state index in [1.807, 2.05) is 12.1 Å². The van der Waals surface area contributed by atoms with Crippen molar-refractivity contribution in [3.8, 4) is 0 Å². The summed E-state index contributed by atoms with van der Waals surface area (Å²) in [5.41, 5.74) is 1.36. The summed E-state index contributed by atoms with van der Waals surface area (Å²) in [6, 6.07) is 9.40.